The fourth-order valence-corrected chi connectivity index (χ4v) is 3.09. The molecule has 0 amide bonds. The van der Waals surface area contributed by atoms with E-state index in [1.165, 1.54) is 5.57 Å². The average molecular weight is 252 g/mol. The minimum absolute atomic E-state index is 0.0531. The molecular formula is C15H24O3. The molecule has 0 spiro atoms. The van der Waals surface area contributed by atoms with Crippen LogP contribution in [-0.4, -0.2) is 24.8 Å². The van der Waals surface area contributed by atoms with Gasteiger partial charge in [0.15, 0.2) is 0 Å². The highest BCUT2D eigenvalue weighted by atomic mass is 16.5. The Hall–Kier alpha value is -0.830. The van der Waals surface area contributed by atoms with E-state index < -0.39 is 0 Å². The Balaban J connectivity index is 1.84. The molecule has 0 N–H and O–H groups in total. The molecule has 3 nitrogen and oxygen atoms in total. The van der Waals surface area contributed by atoms with Crippen molar-refractivity contribution < 1.29 is 14.3 Å². The molecule has 0 saturated carbocycles. The third-order valence-corrected chi connectivity index (χ3v) is 3.68. The van der Waals surface area contributed by atoms with Gasteiger partial charge in [-0.3, -0.25) is 4.79 Å². The first-order valence-electron chi connectivity index (χ1n) is 6.93. The zero-order valence-electron chi connectivity index (χ0n) is 11.7. The zero-order valence-corrected chi connectivity index (χ0v) is 11.7. The van der Waals surface area contributed by atoms with Gasteiger partial charge in [0.1, 0.15) is 6.10 Å². The maximum Gasteiger partial charge on any atom is 0.309 e. The minimum atomic E-state index is -0.117. The Bertz CT molecular complexity index is 338. The number of ether oxygens (including phenoxy) is 2. The molecule has 102 valence electrons. The molecule has 0 radical (unpaired) electrons. The fourth-order valence-electron chi connectivity index (χ4n) is 3.09. The Morgan fingerprint density at radius 3 is 2.94 bits per heavy atom. The zero-order chi connectivity index (χ0) is 13.2. The van der Waals surface area contributed by atoms with E-state index in [0.29, 0.717) is 6.42 Å². The average Bonchev–Trinajstić information content (AvgIpc) is 2.66. The lowest BCUT2D eigenvalue weighted by molar-refractivity contribution is -0.150. The van der Waals surface area contributed by atoms with E-state index in [2.05, 4.69) is 26.8 Å². The SMILES string of the molecule is CC1=C[C@@H](OC(=O)C[C@H]2CCCO2)CC(C)(C)C1. The largest absolute Gasteiger partial charge is 0.458 e. The number of hydrogen-bond acceptors (Lipinski definition) is 3. The predicted molar refractivity (Wildman–Crippen MR) is 70.2 cm³/mol. The van der Waals surface area contributed by atoms with E-state index in [1.807, 2.05) is 0 Å². The van der Waals surface area contributed by atoms with Gasteiger partial charge in [-0.25, -0.2) is 0 Å². The molecule has 1 saturated heterocycles. The van der Waals surface area contributed by atoms with Crippen molar-refractivity contribution in [1.82, 2.24) is 0 Å². The second-order valence-electron chi connectivity index (χ2n) is 6.43. The monoisotopic (exact) mass is 252 g/mol. The summed E-state index contributed by atoms with van der Waals surface area (Å²) in [6.07, 6.45) is 6.59. The molecule has 1 aliphatic heterocycles. The molecule has 0 aromatic carbocycles. The molecule has 1 fully saturated rings. The third kappa shape index (κ3) is 3.84. The standard InChI is InChI=1S/C15H24O3/c1-11-7-13(10-15(2,3)9-11)18-14(16)8-12-5-4-6-17-12/h7,12-13H,4-6,8-10H2,1-3H3/t12-,13-/m1/s1. The summed E-state index contributed by atoms with van der Waals surface area (Å²) >= 11 is 0. The van der Waals surface area contributed by atoms with Crippen molar-refractivity contribution in [2.45, 2.75) is 65.1 Å². The number of esters is 1. The maximum absolute atomic E-state index is 11.9. The van der Waals surface area contributed by atoms with Crippen LogP contribution >= 0.6 is 0 Å². The van der Waals surface area contributed by atoms with Crippen LogP contribution in [0.2, 0.25) is 0 Å². The van der Waals surface area contributed by atoms with E-state index in [9.17, 15) is 4.79 Å². The van der Waals surface area contributed by atoms with Crippen molar-refractivity contribution in [3.05, 3.63) is 11.6 Å². The summed E-state index contributed by atoms with van der Waals surface area (Å²) in [6, 6.07) is 0. The molecule has 2 atom stereocenters. The first kappa shape index (κ1) is 13.6. The first-order chi connectivity index (χ1) is 8.44. The number of allylic oxidation sites excluding steroid dienone is 1. The van der Waals surface area contributed by atoms with E-state index >= 15 is 0 Å². The summed E-state index contributed by atoms with van der Waals surface area (Å²) in [5.74, 6) is -0.117. The van der Waals surface area contributed by atoms with Crippen molar-refractivity contribution in [1.29, 1.82) is 0 Å². The molecular weight excluding hydrogens is 228 g/mol. The first-order valence-corrected chi connectivity index (χ1v) is 6.93. The van der Waals surface area contributed by atoms with Gasteiger partial charge < -0.3 is 9.47 Å². The Labute approximate surface area is 110 Å². The van der Waals surface area contributed by atoms with Crippen LogP contribution in [0.3, 0.4) is 0 Å². The minimum Gasteiger partial charge on any atom is -0.458 e. The summed E-state index contributed by atoms with van der Waals surface area (Å²) in [5, 5.41) is 0. The van der Waals surface area contributed by atoms with Crippen molar-refractivity contribution in [3.63, 3.8) is 0 Å². The predicted octanol–water partition coefficient (Wildman–Crippen LogP) is 3.23. The van der Waals surface area contributed by atoms with Gasteiger partial charge in [-0.05, 0) is 44.1 Å². The van der Waals surface area contributed by atoms with Crippen LogP contribution in [0.25, 0.3) is 0 Å². The highest BCUT2D eigenvalue weighted by Gasteiger charge is 2.30. The van der Waals surface area contributed by atoms with Crippen LogP contribution in [-0.2, 0) is 14.3 Å². The summed E-state index contributed by atoms with van der Waals surface area (Å²) in [5.41, 5.74) is 1.55. The quantitative estimate of drug-likeness (QED) is 0.571. The second-order valence-corrected chi connectivity index (χ2v) is 6.43. The Morgan fingerprint density at radius 2 is 2.33 bits per heavy atom. The van der Waals surface area contributed by atoms with Crippen LogP contribution in [0.1, 0.15) is 52.9 Å². The topological polar surface area (TPSA) is 35.5 Å². The van der Waals surface area contributed by atoms with Crippen molar-refractivity contribution >= 4 is 5.97 Å². The van der Waals surface area contributed by atoms with Gasteiger partial charge in [-0.2, -0.15) is 0 Å². The molecule has 2 rings (SSSR count). The van der Waals surface area contributed by atoms with Crippen molar-refractivity contribution in [2.24, 2.45) is 5.41 Å². The molecule has 3 heteroatoms. The normalized spacial score (nSPS) is 30.9. The lowest BCUT2D eigenvalue weighted by Crippen LogP contribution is -2.29. The molecule has 0 bridgehead atoms. The molecule has 2 aliphatic rings. The Kier molecular flexibility index (Phi) is 4.10. The molecule has 1 heterocycles. The smallest absolute Gasteiger partial charge is 0.309 e. The van der Waals surface area contributed by atoms with E-state index in [4.69, 9.17) is 9.47 Å². The van der Waals surface area contributed by atoms with Crippen LogP contribution < -0.4 is 0 Å². The fraction of sp³-hybridized carbons (Fsp3) is 0.800. The molecule has 0 unspecified atom stereocenters. The lowest BCUT2D eigenvalue weighted by Gasteiger charge is -2.33. The van der Waals surface area contributed by atoms with Crippen molar-refractivity contribution in [3.8, 4) is 0 Å². The van der Waals surface area contributed by atoms with Crippen LogP contribution in [0.5, 0.6) is 0 Å². The number of hydrogen-bond donors (Lipinski definition) is 0. The van der Waals surface area contributed by atoms with E-state index in [0.717, 1.165) is 32.3 Å². The third-order valence-electron chi connectivity index (χ3n) is 3.68. The number of rotatable bonds is 3. The summed E-state index contributed by atoms with van der Waals surface area (Å²) < 4.78 is 11.0. The Morgan fingerprint density at radius 1 is 1.56 bits per heavy atom. The molecule has 0 aromatic heterocycles. The van der Waals surface area contributed by atoms with Crippen molar-refractivity contribution in [2.75, 3.05) is 6.61 Å². The van der Waals surface area contributed by atoms with Gasteiger partial charge in [0, 0.05) is 6.61 Å². The molecule has 18 heavy (non-hydrogen) atoms. The van der Waals surface area contributed by atoms with Gasteiger partial charge in [-0.15, -0.1) is 0 Å². The van der Waals surface area contributed by atoms with Gasteiger partial charge in [0.2, 0.25) is 0 Å². The second kappa shape index (κ2) is 5.43. The van der Waals surface area contributed by atoms with Gasteiger partial charge >= 0.3 is 5.97 Å². The van der Waals surface area contributed by atoms with E-state index in [-0.39, 0.29) is 23.6 Å². The molecule has 1 aliphatic carbocycles. The summed E-state index contributed by atoms with van der Waals surface area (Å²) in [4.78, 5) is 11.9. The number of carbonyl (C=O) groups excluding carboxylic acids is 1. The summed E-state index contributed by atoms with van der Waals surface area (Å²) in [7, 11) is 0. The summed E-state index contributed by atoms with van der Waals surface area (Å²) in [6.45, 7) is 7.35. The van der Waals surface area contributed by atoms with Gasteiger partial charge in [0.25, 0.3) is 0 Å². The highest BCUT2D eigenvalue weighted by molar-refractivity contribution is 5.70. The van der Waals surface area contributed by atoms with Gasteiger partial charge in [-0.1, -0.05) is 19.4 Å². The van der Waals surface area contributed by atoms with Gasteiger partial charge in [0.05, 0.1) is 12.5 Å². The lowest BCUT2D eigenvalue weighted by atomic mass is 9.76. The van der Waals surface area contributed by atoms with Crippen LogP contribution in [0.4, 0.5) is 0 Å². The maximum atomic E-state index is 11.9. The van der Waals surface area contributed by atoms with E-state index in [1.54, 1.807) is 0 Å². The molecule has 0 aromatic rings. The number of carbonyl (C=O) groups is 1. The van der Waals surface area contributed by atoms with Crippen LogP contribution in [0, 0.1) is 5.41 Å². The highest BCUT2D eigenvalue weighted by Crippen LogP contribution is 2.36. The van der Waals surface area contributed by atoms with Crippen LogP contribution in [0.15, 0.2) is 11.6 Å².